The smallest absolute Gasteiger partial charge is 0.270 e. The average molecular weight is 617 g/mol. The highest BCUT2D eigenvalue weighted by molar-refractivity contribution is 7.92. The molecule has 3 aromatic carbocycles. The molecule has 0 radical (unpaired) electrons. The Kier molecular flexibility index (Phi) is 7.23. The standard InChI is InChI=1S/C33H33FN4O5S/c1-19-9-11-20(12-10-19)31-30(32(39)35-2)24-15-22(27(17-29(24)43-31)37(4)44(5,41)42)21-13-14-38(18-21)33(40)28-16-23-25(34)7-6-8-26(23)36(28)3/h6-12,15-17,21H,13-14,18H2,1-5H3,(H,35,39)/t21-/m1/s1. The van der Waals surface area contributed by atoms with E-state index < -0.39 is 15.8 Å². The Balaban J connectivity index is 1.45. The van der Waals surface area contributed by atoms with Gasteiger partial charge in [-0.25, -0.2) is 12.8 Å². The average Bonchev–Trinajstić information content (AvgIpc) is 3.72. The molecule has 44 heavy (non-hydrogen) atoms. The summed E-state index contributed by atoms with van der Waals surface area (Å²) in [6.45, 7) is 2.71. The van der Waals surface area contributed by atoms with Gasteiger partial charge in [0.1, 0.15) is 22.9 Å². The zero-order valence-electron chi connectivity index (χ0n) is 25.1. The third-order valence-electron chi connectivity index (χ3n) is 8.61. The predicted octanol–water partition coefficient (Wildman–Crippen LogP) is 5.42. The second kappa shape index (κ2) is 10.8. The summed E-state index contributed by atoms with van der Waals surface area (Å²) in [5.74, 6) is -0.809. The Morgan fingerprint density at radius 3 is 2.45 bits per heavy atom. The van der Waals surface area contributed by atoms with Crippen molar-refractivity contribution in [2.24, 2.45) is 7.05 Å². The number of sulfonamides is 1. The molecule has 6 rings (SSSR count). The first-order valence-electron chi connectivity index (χ1n) is 14.3. The molecule has 228 valence electrons. The number of nitrogens with one attached hydrogen (secondary N) is 1. The van der Waals surface area contributed by atoms with E-state index in [1.807, 2.05) is 37.3 Å². The van der Waals surface area contributed by atoms with Gasteiger partial charge in [0.25, 0.3) is 11.8 Å². The number of rotatable bonds is 6. The molecule has 1 N–H and O–H groups in total. The molecule has 0 aliphatic carbocycles. The van der Waals surface area contributed by atoms with Crippen LogP contribution in [0.15, 0.2) is 65.1 Å². The van der Waals surface area contributed by atoms with Crippen molar-refractivity contribution in [3.05, 3.63) is 88.9 Å². The molecule has 1 fully saturated rings. The van der Waals surface area contributed by atoms with Crippen molar-refractivity contribution >= 4 is 49.4 Å². The number of benzene rings is 3. The van der Waals surface area contributed by atoms with E-state index in [1.54, 1.807) is 47.8 Å². The van der Waals surface area contributed by atoms with Crippen molar-refractivity contribution in [1.82, 2.24) is 14.8 Å². The second-order valence-electron chi connectivity index (χ2n) is 11.4. The zero-order chi connectivity index (χ0) is 31.5. The third-order valence-corrected chi connectivity index (χ3v) is 9.80. The summed E-state index contributed by atoms with van der Waals surface area (Å²) in [6.07, 6.45) is 1.69. The van der Waals surface area contributed by atoms with Gasteiger partial charge >= 0.3 is 0 Å². The first-order valence-corrected chi connectivity index (χ1v) is 16.1. The molecular formula is C33H33FN4O5S. The highest BCUT2D eigenvalue weighted by Crippen LogP contribution is 2.42. The highest BCUT2D eigenvalue weighted by atomic mass is 32.2. The highest BCUT2D eigenvalue weighted by Gasteiger charge is 2.34. The van der Waals surface area contributed by atoms with Gasteiger partial charge in [0.05, 0.1) is 23.0 Å². The van der Waals surface area contributed by atoms with E-state index in [1.165, 1.54) is 17.4 Å². The molecular weight excluding hydrogens is 583 g/mol. The van der Waals surface area contributed by atoms with Crippen LogP contribution in [0.2, 0.25) is 0 Å². The number of nitrogens with zero attached hydrogens (tertiary/aromatic N) is 3. The Labute approximate surface area is 254 Å². The summed E-state index contributed by atoms with van der Waals surface area (Å²) in [5, 5.41) is 3.63. The van der Waals surface area contributed by atoms with Crippen LogP contribution >= 0.6 is 0 Å². The van der Waals surface area contributed by atoms with E-state index in [9.17, 15) is 22.4 Å². The lowest BCUT2D eigenvalue weighted by molar-refractivity contribution is 0.0781. The predicted molar refractivity (Wildman–Crippen MR) is 169 cm³/mol. The van der Waals surface area contributed by atoms with Gasteiger partial charge in [0, 0.05) is 62.6 Å². The summed E-state index contributed by atoms with van der Waals surface area (Å²) in [7, 11) is 1.10. The fraction of sp³-hybridized carbons (Fsp3) is 0.273. The summed E-state index contributed by atoms with van der Waals surface area (Å²) >= 11 is 0. The molecule has 11 heteroatoms. The quantitative estimate of drug-likeness (QED) is 0.274. The number of carbonyl (C=O) groups is 2. The first kappa shape index (κ1) is 29.4. The van der Waals surface area contributed by atoms with Crippen molar-refractivity contribution in [1.29, 1.82) is 0 Å². The Bertz CT molecular complexity index is 2060. The van der Waals surface area contributed by atoms with Gasteiger partial charge < -0.3 is 19.2 Å². The molecule has 9 nitrogen and oxygen atoms in total. The lowest BCUT2D eigenvalue weighted by Gasteiger charge is -2.24. The van der Waals surface area contributed by atoms with Gasteiger partial charge in [0.15, 0.2) is 0 Å². The van der Waals surface area contributed by atoms with Gasteiger partial charge in [-0.05, 0) is 43.2 Å². The first-order chi connectivity index (χ1) is 20.9. The second-order valence-corrected chi connectivity index (χ2v) is 13.4. The number of furan rings is 1. The van der Waals surface area contributed by atoms with Crippen molar-refractivity contribution in [2.45, 2.75) is 19.3 Å². The maximum absolute atomic E-state index is 14.5. The van der Waals surface area contributed by atoms with Crippen molar-refractivity contribution in [3.63, 3.8) is 0 Å². The minimum absolute atomic E-state index is 0.232. The SMILES string of the molecule is CNC(=O)c1c(-c2ccc(C)cc2)oc2cc(N(C)S(C)(=O)=O)c([C@@H]3CCN(C(=O)c4cc5c(F)cccc5n4C)C3)cc12. The van der Waals surface area contributed by atoms with E-state index in [-0.39, 0.29) is 17.7 Å². The minimum Gasteiger partial charge on any atom is -0.455 e. The molecule has 1 aliphatic heterocycles. The van der Waals surface area contributed by atoms with E-state index in [0.29, 0.717) is 75.2 Å². The number of carbonyl (C=O) groups excluding carboxylic acids is 2. The van der Waals surface area contributed by atoms with Gasteiger partial charge in [-0.3, -0.25) is 13.9 Å². The number of anilines is 1. The number of likely N-dealkylation sites (tertiary alicyclic amines) is 1. The Morgan fingerprint density at radius 1 is 1.07 bits per heavy atom. The van der Waals surface area contributed by atoms with Gasteiger partial charge in [0.2, 0.25) is 10.0 Å². The van der Waals surface area contributed by atoms with Crippen LogP contribution < -0.4 is 9.62 Å². The topological polar surface area (TPSA) is 105 Å². The summed E-state index contributed by atoms with van der Waals surface area (Å²) in [6, 6.07) is 17.4. The molecule has 0 bridgehead atoms. The van der Waals surface area contributed by atoms with Crippen LogP contribution in [-0.4, -0.2) is 63.1 Å². The summed E-state index contributed by atoms with van der Waals surface area (Å²) < 4.78 is 49.1. The number of hydrogen-bond acceptors (Lipinski definition) is 5. The zero-order valence-corrected chi connectivity index (χ0v) is 26.0. The van der Waals surface area contributed by atoms with Gasteiger partial charge in [-0.2, -0.15) is 0 Å². The fourth-order valence-corrected chi connectivity index (χ4v) is 6.59. The summed E-state index contributed by atoms with van der Waals surface area (Å²) in [4.78, 5) is 28.6. The Morgan fingerprint density at radius 2 is 1.80 bits per heavy atom. The van der Waals surface area contributed by atoms with Crippen LogP contribution in [0.5, 0.6) is 0 Å². The molecule has 5 aromatic rings. The number of amides is 2. The van der Waals surface area contributed by atoms with Crippen LogP contribution in [-0.2, 0) is 17.1 Å². The molecule has 1 saturated heterocycles. The van der Waals surface area contributed by atoms with E-state index in [2.05, 4.69) is 5.32 Å². The van der Waals surface area contributed by atoms with Crippen LogP contribution in [0.25, 0.3) is 33.2 Å². The van der Waals surface area contributed by atoms with Crippen LogP contribution in [0.4, 0.5) is 10.1 Å². The van der Waals surface area contributed by atoms with E-state index in [4.69, 9.17) is 4.42 Å². The molecule has 1 atom stereocenters. The number of hydrogen-bond donors (Lipinski definition) is 1. The van der Waals surface area contributed by atoms with E-state index in [0.717, 1.165) is 11.8 Å². The van der Waals surface area contributed by atoms with E-state index >= 15 is 0 Å². The third kappa shape index (κ3) is 4.90. The molecule has 0 spiro atoms. The molecule has 1 aliphatic rings. The van der Waals surface area contributed by atoms with Crippen molar-refractivity contribution in [3.8, 4) is 11.3 Å². The van der Waals surface area contributed by atoms with Crippen LogP contribution in [0.3, 0.4) is 0 Å². The molecule has 0 saturated carbocycles. The fourth-order valence-electron chi connectivity index (χ4n) is 6.08. The minimum atomic E-state index is -3.66. The monoisotopic (exact) mass is 616 g/mol. The molecule has 0 unspecified atom stereocenters. The van der Waals surface area contributed by atoms with Gasteiger partial charge in [-0.1, -0.05) is 35.9 Å². The maximum Gasteiger partial charge on any atom is 0.270 e. The van der Waals surface area contributed by atoms with Crippen molar-refractivity contribution in [2.75, 3.05) is 37.7 Å². The molecule has 3 heterocycles. The Hall–Kier alpha value is -4.64. The number of fused-ring (bicyclic) bond motifs is 2. The normalized spacial score (nSPS) is 15.3. The van der Waals surface area contributed by atoms with Crippen LogP contribution in [0, 0.1) is 12.7 Å². The summed E-state index contributed by atoms with van der Waals surface area (Å²) in [5.41, 5.74) is 4.59. The van der Waals surface area contributed by atoms with Gasteiger partial charge in [-0.15, -0.1) is 0 Å². The van der Waals surface area contributed by atoms with Crippen molar-refractivity contribution < 1.29 is 26.8 Å². The lowest BCUT2D eigenvalue weighted by Crippen LogP contribution is -2.30. The largest absolute Gasteiger partial charge is 0.455 e. The number of aryl methyl sites for hydroxylation is 2. The maximum atomic E-state index is 14.5. The molecule has 2 amide bonds. The van der Waals surface area contributed by atoms with Crippen LogP contribution in [0.1, 0.15) is 44.3 Å². The molecule has 2 aromatic heterocycles. The number of aromatic nitrogens is 1. The lowest BCUT2D eigenvalue weighted by atomic mass is 9.93. The number of halogens is 1.